The van der Waals surface area contributed by atoms with Crippen molar-refractivity contribution in [3.05, 3.63) is 96.3 Å². The molecule has 0 fully saturated rings. The van der Waals surface area contributed by atoms with Crippen LogP contribution in [0.4, 0.5) is 0 Å². The van der Waals surface area contributed by atoms with E-state index in [0.717, 1.165) is 11.2 Å². The van der Waals surface area contributed by atoms with Crippen molar-refractivity contribution in [1.82, 2.24) is 9.97 Å². The Morgan fingerprint density at radius 1 is 0.724 bits per heavy atom. The molecule has 0 saturated heterocycles. The van der Waals surface area contributed by atoms with Crippen molar-refractivity contribution in [1.29, 1.82) is 0 Å². The number of fused-ring (bicyclic) bond motifs is 4. The summed E-state index contributed by atoms with van der Waals surface area (Å²) in [5.74, 6) is 0. The first-order valence-electron chi connectivity index (χ1n) is 10.0. The first-order chi connectivity index (χ1) is 14.1. The largest absolute Gasteiger partial charge is 0.256 e. The van der Waals surface area contributed by atoms with Crippen LogP contribution < -0.4 is 0 Å². The summed E-state index contributed by atoms with van der Waals surface area (Å²) < 4.78 is 0. The minimum Gasteiger partial charge on any atom is -0.256 e. The molecule has 0 amide bonds. The number of pyridine rings is 2. The molecule has 0 radical (unpaired) electrons. The summed E-state index contributed by atoms with van der Waals surface area (Å²) in [6.45, 7) is 4.66. The maximum absolute atomic E-state index is 4.83. The van der Waals surface area contributed by atoms with Gasteiger partial charge in [-0.3, -0.25) is 9.97 Å². The van der Waals surface area contributed by atoms with E-state index in [-0.39, 0.29) is 5.41 Å². The van der Waals surface area contributed by atoms with E-state index in [1.807, 2.05) is 18.5 Å². The molecule has 0 saturated carbocycles. The van der Waals surface area contributed by atoms with Gasteiger partial charge in [-0.05, 0) is 58.0 Å². The van der Waals surface area contributed by atoms with E-state index < -0.39 is 0 Å². The number of aromatic nitrogens is 2. The molecule has 6 rings (SSSR count). The minimum absolute atomic E-state index is 0.156. The molecule has 2 heterocycles. The lowest BCUT2D eigenvalue weighted by Gasteiger charge is -2.36. The zero-order valence-electron chi connectivity index (χ0n) is 16.5. The second kappa shape index (κ2) is 5.74. The molecule has 5 aromatic rings. The predicted molar refractivity (Wildman–Crippen MR) is 120 cm³/mol. The highest BCUT2D eigenvalue weighted by Crippen LogP contribution is 2.50. The van der Waals surface area contributed by atoms with Gasteiger partial charge in [0, 0.05) is 34.1 Å². The Morgan fingerprint density at radius 3 is 2.45 bits per heavy atom. The van der Waals surface area contributed by atoms with Gasteiger partial charge in [0.05, 0.1) is 11.2 Å². The molecular weight excluding hydrogens is 352 g/mol. The second-order valence-electron chi connectivity index (χ2n) is 8.33. The first-order valence-corrected chi connectivity index (χ1v) is 10.0. The highest BCUT2D eigenvalue weighted by Gasteiger charge is 2.36. The van der Waals surface area contributed by atoms with Gasteiger partial charge in [-0.2, -0.15) is 0 Å². The van der Waals surface area contributed by atoms with Gasteiger partial charge >= 0.3 is 0 Å². The summed E-state index contributed by atoms with van der Waals surface area (Å²) >= 11 is 0. The number of nitrogens with zero attached hydrogens (tertiary/aromatic N) is 2. The first kappa shape index (κ1) is 16.4. The molecular formula is C27H20N2. The highest BCUT2D eigenvalue weighted by atomic mass is 14.7. The van der Waals surface area contributed by atoms with Gasteiger partial charge in [0.1, 0.15) is 0 Å². The summed E-state index contributed by atoms with van der Waals surface area (Å²) in [4.78, 5) is 9.44. The molecule has 138 valence electrons. The van der Waals surface area contributed by atoms with E-state index in [9.17, 15) is 0 Å². The molecule has 1 aliphatic carbocycles. The molecule has 2 heteroatoms. The van der Waals surface area contributed by atoms with Crippen molar-refractivity contribution >= 4 is 21.7 Å². The average Bonchev–Trinajstić information content (AvgIpc) is 2.77. The van der Waals surface area contributed by atoms with Gasteiger partial charge in [-0.15, -0.1) is 0 Å². The molecule has 2 nitrogen and oxygen atoms in total. The van der Waals surface area contributed by atoms with Crippen molar-refractivity contribution in [2.45, 2.75) is 19.3 Å². The monoisotopic (exact) mass is 372 g/mol. The zero-order chi connectivity index (χ0) is 19.6. The maximum atomic E-state index is 4.83. The van der Waals surface area contributed by atoms with Crippen LogP contribution in [-0.4, -0.2) is 9.97 Å². The Balaban J connectivity index is 1.77. The van der Waals surface area contributed by atoms with Gasteiger partial charge in [-0.25, -0.2) is 0 Å². The van der Waals surface area contributed by atoms with Crippen LogP contribution in [0.5, 0.6) is 0 Å². The molecule has 0 spiro atoms. The third kappa shape index (κ3) is 2.23. The van der Waals surface area contributed by atoms with E-state index >= 15 is 0 Å². The number of rotatable bonds is 1. The summed E-state index contributed by atoms with van der Waals surface area (Å²) in [6, 6.07) is 26.0. The van der Waals surface area contributed by atoms with Gasteiger partial charge < -0.3 is 0 Å². The predicted octanol–water partition coefficient (Wildman–Crippen LogP) is 6.76. The van der Waals surface area contributed by atoms with Crippen LogP contribution in [-0.2, 0) is 5.41 Å². The lowest BCUT2D eigenvalue weighted by Crippen LogP contribution is -2.24. The van der Waals surface area contributed by atoms with Gasteiger partial charge in [0.15, 0.2) is 0 Å². The van der Waals surface area contributed by atoms with Crippen LogP contribution >= 0.6 is 0 Å². The normalized spacial score (nSPS) is 14.1. The fraction of sp³-hybridized carbons (Fsp3) is 0.111. The lowest BCUT2D eigenvalue weighted by atomic mass is 9.68. The van der Waals surface area contributed by atoms with Crippen molar-refractivity contribution in [3.8, 4) is 22.4 Å². The van der Waals surface area contributed by atoms with Crippen LogP contribution in [0.3, 0.4) is 0 Å². The van der Waals surface area contributed by atoms with Gasteiger partial charge in [0.2, 0.25) is 0 Å². The van der Waals surface area contributed by atoms with Crippen molar-refractivity contribution in [2.75, 3.05) is 0 Å². The Morgan fingerprint density at radius 2 is 1.59 bits per heavy atom. The lowest BCUT2D eigenvalue weighted by molar-refractivity contribution is 0.650. The van der Waals surface area contributed by atoms with Crippen LogP contribution in [0, 0.1) is 0 Å². The van der Waals surface area contributed by atoms with Gasteiger partial charge in [-0.1, -0.05) is 56.3 Å². The maximum Gasteiger partial charge on any atom is 0.0786 e. The fourth-order valence-electron chi connectivity index (χ4n) is 4.97. The standard InChI is InChI=1S/C27H20N2/c1-27(2)22-16-19(17-7-4-3-5-8-17)15-18-12-14-29-26(24(18)22)21-10-11-23-20(25(21)27)9-6-13-28-23/h3-16H,1-2H3. The summed E-state index contributed by atoms with van der Waals surface area (Å²) in [5, 5.41) is 3.73. The van der Waals surface area contributed by atoms with E-state index in [4.69, 9.17) is 4.98 Å². The average molecular weight is 372 g/mol. The molecule has 1 aliphatic rings. The van der Waals surface area contributed by atoms with Crippen LogP contribution in [0.25, 0.3) is 44.1 Å². The zero-order valence-corrected chi connectivity index (χ0v) is 16.5. The summed E-state index contributed by atoms with van der Waals surface area (Å²) in [6.07, 6.45) is 3.80. The van der Waals surface area contributed by atoms with Crippen LogP contribution in [0.1, 0.15) is 25.0 Å². The molecule has 0 N–H and O–H groups in total. The summed E-state index contributed by atoms with van der Waals surface area (Å²) in [5.41, 5.74) is 8.33. The third-order valence-electron chi connectivity index (χ3n) is 6.31. The molecule has 3 aromatic carbocycles. The number of hydrogen-bond acceptors (Lipinski definition) is 2. The highest BCUT2D eigenvalue weighted by molar-refractivity contribution is 6.06. The number of hydrogen-bond donors (Lipinski definition) is 0. The molecule has 0 aliphatic heterocycles. The van der Waals surface area contributed by atoms with Crippen LogP contribution in [0.15, 0.2) is 85.2 Å². The Hall–Kier alpha value is -3.52. The van der Waals surface area contributed by atoms with E-state index in [1.165, 1.54) is 44.0 Å². The molecule has 0 bridgehead atoms. The van der Waals surface area contributed by atoms with Crippen LogP contribution in [0.2, 0.25) is 0 Å². The Kier molecular flexibility index (Phi) is 3.25. The Bertz CT molecular complexity index is 1420. The molecule has 0 atom stereocenters. The van der Waals surface area contributed by atoms with Crippen molar-refractivity contribution in [2.24, 2.45) is 0 Å². The molecule has 0 unspecified atom stereocenters. The Labute approximate surface area is 169 Å². The minimum atomic E-state index is -0.156. The van der Waals surface area contributed by atoms with E-state index in [0.29, 0.717) is 0 Å². The fourth-order valence-corrected chi connectivity index (χ4v) is 4.97. The summed E-state index contributed by atoms with van der Waals surface area (Å²) in [7, 11) is 0. The number of benzene rings is 3. The smallest absolute Gasteiger partial charge is 0.0786 e. The van der Waals surface area contributed by atoms with Gasteiger partial charge in [0.25, 0.3) is 0 Å². The van der Waals surface area contributed by atoms with E-state index in [1.54, 1.807) is 0 Å². The van der Waals surface area contributed by atoms with Crippen molar-refractivity contribution in [3.63, 3.8) is 0 Å². The second-order valence-corrected chi connectivity index (χ2v) is 8.33. The quantitative estimate of drug-likeness (QED) is 0.325. The van der Waals surface area contributed by atoms with Crippen molar-refractivity contribution < 1.29 is 0 Å². The molecule has 29 heavy (non-hydrogen) atoms. The topological polar surface area (TPSA) is 25.8 Å². The third-order valence-corrected chi connectivity index (χ3v) is 6.31. The SMILES string of the molecule is CC1(C)c2c(ccc3ncccc23)-c2nccc3cc(-c4ccccc4)cc1c23. The van der Waals surface area contributed by atoms with E-state index in [2.05, 4.69) is 85.6 Å². The molecule has 2 aromatic heterocycles.